The van der Waals surface area contributed by atoms with Crippen LogP contribution < -0.4 is 0 Å². The SMILES string of the molecule is CCOCCCN(CC(=O)N(Cc1ccccc1)Cc1sccc1C)C(=O)C(Cl)Cl. The van der Waals surface area contributed by atoms with Crippen LogP contribution in [0.25, 0.3) is 0 Å². The molecule has 1 heterocycles. The molecule has 0 spiro atoms. The van der Waals surface area contributed by atoms with Crippen LogP contribution in [-0.2, 0) is 27.4 Å². The number of rotatable bonds is 12. The number of benzene rings is 1. The van der Waals surface area contributed by atoms with Crippen LogP contribution in [0.4, 0.5) is 0 Å². The number of hydrogen-bond donors (Lipinski definition) is 0. The summed E-state index contributed by atoms with van der Waals surface area (Å²) >= 11 is 13.2. The van der Waals surface area contributed by atoms with Gasteiger partial charge in [0, 0.05) is 31.2 Å². The van der Waals surface area contributed by atoms with Crippen LogP contribution in [0.2, 0.25) is 0 Å². The fourth-order valence-corrected chi connectivity index (χ4v) is 4.14. The Balaban J connectivity index is 2.14. The number of carbonyl (C=O) groups excluding carboxylic acids is 2. The van der Waals surface area contributed by atoms with E-state index in [-0.39, 0.29) is 12.5 Å². The Labute approximate surface area is 192 Å². The third-order valence-corrected chi connectivity index (χ3v) is 6.00. The van der Waals surface area contributed by atoms with Gasteiger partial charge in [-0.2, -0.15) is 0 Å². The molecule has 5 nitrogen and oxygen atoms in total. The monoisotopic (exact) mass is 470 g/mol. The summed E-state index contributed by atoms with van der Waals surface area (Å²) in [7, 11) is 0. The van der Waals surface area contributed by atoms with Crippen LogP contribution in [0.15, 0.2) is 41.8 Å². The minimum atomic E-state index is -1.20. The second-order valence-corrected chi connectivity index (χ2v) is 8.97. The van der Waals surface area contributed by atoms with Gasteiger partial charge in [-0.25, -0.2) is 0 Å². The van der Waals surface area contributed by atoms with Crippen molar-refractivity contribution in [1.29, 1.82) is 0 Å². The molecule has 0 radical (unpaired) electrons. The molecule has 164 valence electrons. The highest BCUT2D eigenvalue weighted by Gasteiger charge is 2.25. The first-order chi connectivity index (χ1) is 14.4. The average Bonchev–Trinajstić information content (AvgIpc) is 3.14. The minimum absolute atomic E-state index is 0.0713. The van der Waals surface area contributed by atoms with Crippen molar-refractivity contribution in [3.8, 4) is 0 Å². The smallest absolute Gasteiger partial charge is 0.256 e. The summed E-state index contributed by atoms with van der Waals surface area (Å²) in [6, 6.07) is 11.9. The molecular formula is C22H28Cl2N2O3S. The summed E-state index contributed by atoms with van der Waals surface area (Å²) in [5.74, 6) is -0.611. The molecule has 0 saturated heterocycles. The molecule has 0 aliphatic heterocycles. The Morgan fingerprint density at radius 2 is 1.83 bits per heavy atom. The van der Waals surface area contributed by atoms with Crippen LogP contribution in [0.3, 0.4) is 0 Å². The average molecular weight is 471 g/mol. The third-order valence-electron chi connectivity index (χ3n) is 4.62. The van der Waals surface area contributed by atoms with E-state index in [1.54, 1.807) is 16.2 Å². The van der Waals surface area contributed by atoms with Gasteiger partial charge in [-0.3, -0.25) is 9.59 Å². The van der Waals surface area contributed by atoms with Gasteiger partial charge < -0.3 is 14.5 Å². The van der Waals surface area contributed by atoms with Crippen molar-refractivity contribution >= 4 is 46.4 Å². The first-order valence-corrected chi connectivity index (χ1v) is 11.7. The molecule has 30 heavy (non-hydrogen) atoms. The van der Waals surface area contributed by atoms with Crippen LogP contribution in [0, 0.1) is 6.92 Å². The zero-order valence-corrected chi connectivity index (χ0v) is 19.7. The number of ether oxygens (including phenoxy) is 1. The van der Waals surface area contributed by atoms with Gasteiger partial charge in [-0.05, 0) is 42.8 Å². The summed E-state index contributed by atoms with van der Waals surface area (Å²) in [5.41, 5.74) is 2.18. The number of hydrogen-bond acceptors (Lipinski definition) is 4. The maximum absolute atomic E-state index is 13.2. The fourth-order valence-electron chi connectivity index (χ4n) is 2.95. The molecule has 1 aromatic heterocycles. The number of nitrogens with zero attached hydrogens (tertiary/aromatic N) is 2. The van der Waals surface area contributed by atoms with Crippen LogP contribution in [0.1, 0.15) is 29.3 Å². The molecule has 8 heteroatoms. The maximum Gasteiger partial charge on any atom is 0.256 e. The summed E-state index contributed by atoms with van der Waals surface area (Å²) in [4.78, 5) is 28.8. The quantitative estimate of drug-likeness (QED) is 0.335. The number of amides is 2. The second-order valence-electron chi connectivity index (χ2n) is 6.87. The summed E-state index contributed by atoms with van der Waals surface area (Å²) in [6.45, 7) is 6.29. The second kappa shape index (κ2) is 13.0. The molecule has 0 unspecified atom stereocenters. The molecule has 0 bridgehead atoms. The lowest BCUT2D eigenvalue weighted by atomic mass is 10.2. The lowest BCUT2D eigenvalue weighted by Crippen LogP contribution is -2.44. The molecule has 0 atom stereocenters. The number of halogens is 2. The molecule has 2 aromatic rings. The molecule has 1 aromatic carbocycles. The zero-order valence-electron chi connectivity index (χ0n) is 17.4. The summed E-state index contributed by atoms with van der Waals surface area (Å²) < 4.78 is 5.34. The predicted molar refractivity (Wildman–Crippen MR) is 123 cm³/mol. The largest absolute Gasteiger partial charge is 0.382 e. The van der Waals surface area contributed by atoms with Gasteiger partial charge in [-0.15, -0.1) is 11.3 Å². The Hall–Kier alpha value is -1.60. The van der Waals surface area contributed by atoms with Crippen LogP contribution in [-0.4, -0.2) is 52.8 Å². The fraction of sp³-hybridized carbons (Fsp3) is 0.455. The molecule has 0 aliphatic rings. The van der Waals surface area contributed by atoms with E-state index in [1.807, 2.05) is 55.6 Å². The van der Waals surface area contributed by atoms with Gasteiger partial charge in [0.1, 0.15) is 0 Å². The van der Waals surface area contributed by atoms with E-state index in [1.165, 1.54) is 4.90 Å². The molecular weight excluding hydrogens is 443 g/mol. The first kappa shape index (κ1) is 24.7. The van der Waals surface area contributed by atoms with Crippen molar-refractivity contribution < 1.29 is 14.3 Å². The lowest BCUT2D eigenvalue weighted by molar-refractivity contribution is -0.140. The molecule has 0 N–H and O–H groups in total. The van der Waals surface area contributed by atoms with Gasteiger partial charge in [0.15, 0.2) is 4.84 Å². The van der Waals surface area contributed by atoms with Gasteiger partial charge in [-0.1, -0.05) is 53.5 Å². The molecule has 2 amide bonds. The topological polar surface area (TPSA) is 49.9 Å². The van der Waals surface area contributed by atoms with E-state index in [0.29, 0.717) is 39.3 Å². The minimum Gasteiger partial charge on any atom is -0.382 e. The van der Waals surface area contributed by atoms with Crippen molar-refractivity contribution in [2.45, 2.75) is 38.2 Å². The maximum atomic E-state index is 13.2. The standard InChI is InChI=1S/C22H28Cl2N2O3S/c1-3-29-12-7-11-25(22(28)21(23)24)16-20(27)26(14-18-8-5-4-6-9-18)15-19-17(2)10-13-30-19/h4-6,8-10,13,21H,3,7,11-12,14-16H2,1-2H3. The van der Waals surface area contributed by atoms with Crippen molar-refractivity contribution in [3.05, 3.63) is 57.8 Å². The number of alkyl halides is 2. The number of carbonyl (C=O) groups is 2. The van der Waals surface area contributed by atoms with Gasteiger partial charge in [0.05, 0.1) is 13.1 Å². The first-order valence-electron chi connectivity index (χ1n) is 9.91. The van der Waals surface area contributed by atoms with Crippen molar-refractivity contribution in [2.75, 3.05) is 26.3 Å². The normalized spacial score (nSPS) is 11.0. The van der Waals surface area contributed by atoms with Crippen LogP contribution >= 0.6 is 34.5 Å². The lowest BCUT2D eigenvalue weighted by Gasteiger charge is -2.28. The highest BCUT2D eigenvalue weighted by Crippen LogP contribution is 2.20. The van der Waals surface area contributed by atoms with Crippen molar-refractivity contribution in [1.82, 2.24) is 9.80 Å². The predicted octanol–water partition coefficient (Wildman–Crippen LogP) is 4.64. The molecule has 0 fully saturated rings. The van der Waals surface area contributed by atoms with E-state index >= 15 is 0 Å². The molecule has 2 rings (SSSR count). The Bertz CT molecular complexity index is 799. The highest BCUT2D eigenvalue weighted by atomic mass is 35.5. The molecule has 0 saturated carbocycles. The molecule has 0 aliphatic carbocycles. The van der Waals surface area contributed by atoms with E-state index in [9.17, 15) is 9.59 Å². The van der Waals surface area contributed by atoms with E-state index in [4.69, 9.17) is 27.9 Å². The van der Waals surface area contributed by atoms with Gasteiger partial charge in [0.2, 0.25) is 5.91 Å². The van der Waals surface area contributed by atoms with E-state index < -0.39 is 10.7 Å². The van der Waals surface area contributed by atoms with Gasteiger partial charge in [0.25, 0.3) is 5.91 Å². The summed E-state index contributed by atoms with van der Waals surface area (Å²) in [6.07, 6.45) is 0.607. The number of thiophene rings is 1. The Morgan fingerprint density at radius 3 is 2.43 bits per heavy atom. The van der Waals surface area contributed by atoms with E-state index in [0.717, 1.165) is 16.0 Å². The third kappa shape index (κ3) is 7.91. The van der Waals surface area contributed by atoms with E-state index in [2.05, 4.69) is 0 Å². The summed E-state index contributed by atoms with van der Waals surface area (Å²) in [5, 5.41) is 2.02. The van der Waals surface area contributed by atoms with Crippen molar-refractivity contribution in [3.63, 3.8) is 0 Å². The Morgan fingerprint density at radius 1 is 1.10 bits per heavy atom. The Kier molecular flexibility index (Phi) is 10.6. The van der Waals surface area contributed by atoms with Crippen molar-refractivity contribution in [2.24, 2.45) is 0 Å². The zero-order chi connectivity index (χ0) is 21.9. The van der Waals surface area contributed by atoms with Crippen LogP contribution in [0.5, 0.6) is 0 Å². The highest BCUT2D eigenvalue weighted by molar-refractivity contribution is 7.10. The number of aryl methyl sites for hydroxylation is 1. The van der Waals surface area contributed by atoms with Gasteiger partial charge >= 0.3 is 0 Å².